The van der Waals surface area contributed by atoms with E-state index in [0.29, 0.717) is 0 Å². The Bertz CT molecular complexity index is 2930. The first-order valence-corrected chi connectivity index (χ1v) is 17.1. The molecule has 0 radical (unpaired) electrons. The molecular formula is C43H27BN2O2. The number of allylic oxidation sites excluding steroid dienone is 2. The maximum Gasteiger partial charge on any atom is 0.332 e. The van der Waals surface area contributed by atoms with E-state index in [-0.39, 0.29) is 24.3 Å². The molecule has 3 aromatic heterocycles. The number of fused-ring (bicyclic) bond motifs is 18. The molecule has 0 spiro atoms. The summed E-state index contributed by atoms with van der Waals surface area (Å²) < 4.78 is 18.8. The van der Waals surface area contributed by atoms with Crippen molar-refractivity contribution in [1.82, 2.24) is 9.05 Å². The van der Waals surface area contributed by atoms with Gasteiger partial charge < -0.3 is 18.2 Å². The van der Waals surface area contributed by atoms with E-state index in [0.717, 1.165) is 33.2 Å². The molecule has 2 unspecified atom stereocenters. The van der Waals surface area contributed by atoms with Crippen LogP contribution in [0, 0.1) is 0 Å². The monoisotopic (exact) mass is 614 g/mol. The number of nitrogens with zero attached hydrogens (tertiary/aromatic N) is 2. The molecule has 48 heavy (non-hydrogen) atoms. The van der Waals surface area contributed by atoms with E-state index in [1.165, 1.54) is 72.1 Å². The van der Waals surface area contributed by atoms with Gasteiger partial charge in [-0.15, -0.1) is 0 Å². The third kappa shape index (κ3) is 2.46. The van der Waals surface area contributed by atoms with Crippen molar-refractivity contribution in [3.63, 3.8) is 0 Å². The van der Waals surface area contributed by atoms with Gasteiger partial charge in [0.15, 0.2) is 5.58 Å². The Kier molecular flexibility index (Phi) is 3.94. The number of ether oxygens (including phenoxy) is 1. The second-order valence-electron chi connectivity index (χ2n) is 14.7. The second-order valence-corrected chi connectivity index (χ2v) is 14.7. The van der Waals surface area contributed by atoms with E-state index >= 15 is 0 Å². The number of aromatic nitrogens is 2. The van der Waals surface area contributed by atoms with Crippen molar-refractivity contribution in [2.45, 2.75) is 31.3 Å². The number of hydrogen-bond donors (Lipinski definition) is 0. The minimum atomic E-state index is -0.122. The van der Waals surface area contributed by atoms with Crippen molar-refractivity contribution in [2.75, 3.05) is 0 Å². The zero-order chi connectivity index (χ0) is 31.2. The van der Waals surface area contributed by atoms with Crippen LogP contribution in [0.3, 0.4) is 0 Å². The summed E-state index contributed by atoms with van der Waals surface area (Å²) in [6.07, 6.45) is 2.33. The fraction of sp³-hybridized carbons (Fsp3) is 0.116. The molecule has 0 saturated heterocycles. The quantitative estimate of drug-likeness (QED) is 0.160. The molecular weight excluding hydrogens is 587 g/mol. The van der Waals surface area contributed by atoms with Crippen LogP contribution < -0.4 is 10.2 Å². The lowest BCUT2D eigenvalue weighted by molar-refractivity contribution is 0.272. The second kappa shape index (κ2) is 7.72. The fourth-order valence-electron chi connectivity index (χ4n) is 10.6. The summed E-state index contributed by atoms with van der Waals surface area (Å²) >= 11 is 0. The van der Waals surface area contributed by atoms with Crippen LogP contribution in [-0.4, -0.2) is 22.0 Å². The summed E-state index contributed by atoms with van der Waals surface area (Å²) in [5.41, 5.74) is 19.0. The zero-order valence-electron chi connectivity index (χ0n) is 26.4. The Labute approximate surface area is 276 Å². The van der Waals surface area contributed by atoms with E-state index in [1.54, 1.807) is 0 Å². The van der Waals surface area contributed by atoms with Crippen molar-refractivity contribution in [3.05, 3.63) is 143 Å². The van der Waals surface area contributed by atoms with Gasteiger partial charge in [0, 0.05) is 55.2 Å². The van der Waals surface area contributed by atoms with Crippen LogP contribution >= 0.6 is 0 Å². The maximum atomic E-state index is 6.86. The highest BCUT2D eigenvalue weighted by atomic mass is 16.5. The van der Waals surface area contributed by atoms with Crippen molar-refractivity contribution in [1.29, 1.82) is 0 Å². The van der Waals surface area contributed by atoms with Crippen LogP contribution in [0.5, 0.6) is 5.75 Å². The van der Waals surface area contributed by atoms with Gasteiger partial charge in [-0.2, -0.15) is 0 Å². The first-order valence-electron chi connectivity index (χ1n) is 17.1. The standard InChI is InChI=1S/C43H27BN2O2/c1-43(2)28-17-6-3-11-22(28)40-36(43)26-15-9-14-25-35-34-23-12-4-7-19-31(23)47-33(34)21-30-37(35)44(46(40)38(25)26)29-18-10-16-27-39(29)45(30)41-24-13-5-8-20-32(24)48-42(27)41/h3-21,33-34H,1-2H3. The largest absolute Gasteiger partial charge is 0.485 e. The molecule has 224 valence electrons. The van der Waals surface area contributed by atoms with Gasteiger partial charge >= 0.3 is 6.85 Å². The van der Waals surface area contributed by atoms with Crippen molar-refractivity contribution in [2.24, 2.45) is 0 Å². The van der Waals surface area contributed by atoms with E-state index in [1.807, 2.05) is 0 Å². The van der Waals surface area contributed by atoms with Gasteiger partial charge in [-0.3, -0.25) is 0 Å². The molecule has 0 amide bonds. The molecule has 5 aliphatic rings. The van der Waals surface area contributed by atoms with Gasteiger partial charge in [0.2, 0.25) is 0 Å². The van der Waals surface area contributed by atoms with E-state index in [2.05, 4.69) is 138 Å². The first kappa shape index (κ1) is 24.5. The topological polar surface area (TPSA) is 32.2 Å². The molecule has 5 heteroatoms. The molecule has 5 aromatic carbocycles. The van der Waals surface area contributed by atoms with Gasteiger partial charge in [-0.1, -0.05) is 98.8 Å². The number of rotatable bonds is 0. The maximum absolute atomic E-state index is 6.86. The lowest BCUT2D eigenvalue weighted by Crippen LogP contribution is -2.49. The molecule has 2 atom stereocenters. The Hall–Kier alpha value is -5.68. The van der Waals surface area contributed by atoms with Crippen LogP contribution in [0.1, 0.15) is 42.0 Å². The zero-order valence-corrected chi connectivity index (χ0v) is 26.4. The third-order valence-corrected chi connectivity index (χ3v) is 12.2. The summed E-state index contributed by atoms with van der Waals surface area (Å²) in [5, 5.41) is 3.67. The van der Waals surface area contributed by atoms with Gasteiger partial charge in [-0.05, 0) is 58.0 Å². The highest BCUT2D eigenvalue weighted by Gasteiger charge is 2.53. The molecule has 0 saturated carbocycles. The van der Waals surface area contributed by atoms with E-state index < -0.39 is 0 Å². The molecule has 3 aliphatic heterocycles. The average Bonchev–Trinajstić information content (AvgIpc) is 3.89. The lowest BCUT2D eigenvalue weighted by Gasteiger charge is -2.41. The lowest BCUT2D eigenvalue weighted by atomic mass is 9.43. The Morgan fingerprint density at radius 1 is 0.708 bits per heavy atom. The SMILES string of the molecule is CC1(C)c2ccccc2-c2c1c1cccc3c1n2B1C2=C3C3c4ccccc4OC3C=C2n2c3c1cccc3c1oc3ccccc3c12. The van der Waals surface area contributed by atoms with Crippen molar-refractivity contribution in [3.8, 4) is 17.0 Å². The molecule has 0 fully saturated rings. The van der Waals surface area contributed by atoms with Gasteiger partial charge in [0.05, 0.1) is 11.4 Å². The Balaban J connectivity index is 1.27. The number of para-hydroxylation sites is 4. The number of benzene rings is 5. The predicted octanol–water partition coefficient (Wildman–Crippen LogP) is 9.27. The minimum absolute atomic E-state index is 0.00420. The smallest absolute Gasteiger partial charge is 0.332 e. The van der Waals surface area contributed by atoms with E-state index in [4.69, 9.17) is 9.15 Å². The molecule has 0 bridgehead atoms. The van der Waals surface area contributed by atoms with Gasteiger partial charge in [0.25, 0.3) is 0 Å². The highest BCUT2D eigenvalue weighted by molar-refractivity contribution is 6.86. The predicted molar refractivity (Wildman–Crippen MR) is 194 cm³/mol. The summed E-state index contributed by atoms with van der Waals surface area (Å²) in [5.74, 6) is 1.10. The molecule has 2 aliphatic carbocycles. The third-order valence-electron chi connectivity index (χ3n) is 12.2. The normalized spacial score (nSPS) is 20.2. The first-order chi connectivity index (χ1) is 23.6. The van der Waals surface area contributed by atoms with Crippen LogP contribution in [0.2, 0.25) is 0 Å². The number of furan rings is 1. The fourth-order valence-corrected chi connectivity index (χ4v) is 10.6. The molecule has 8 aromatic rings. The summed E-state index contributed by atoms with van der Waals surface area (Å²) in [6, 6.07) is 40.1. The van der Waals surface area contributed by atoms with Crippen molar-refractivity contribution < 1.29 is 9.15 Å². The van der Waals surface area contributed by atoms with Crippen molar-refractivity contribution >= 4 is 67.5 Å². The molecule has 4 nitrogen and oxygen atoms in total. The summed E-state index contributed by atoms with van der Waals surface area (Å²) in [6.45, 7) is 4.83. The number of hydrogen-bond acceptors (Lipinski definition) is 2. The van der Waals surface area contributed by atoms with Crippen LogP contribution in [-0.2, 0) is 5.41 Å². The minimum Gasteiger partial charge on any atom is -0.485 e. The van der Waals surface area contributed by atoms with Crippen LogP contribution in [0.15, 0.2) is 125 Å². The average molecular weight is 615 g/mol. The Morgan fingerprint density at radius 3 is 2.44 bits per heavy atom. The summed E-state index contributed by atoms with van der Waals surface area (Å²) in [7, 11) is 0. The molecule has 0 N–H and O–H groups in total. The molecule has 6 heterocycles. The molecule has 13 rings (SSSR count). The summed E-state index contributed by atoms with van der Waals surface area (Å²) in [4.78, 5) is 0. The van der Waals surface area contributed by atoms with Crippen LogP contribution in [0.25, 0.3) is 66.4 Å². The van der Waals surface area contributed by atoms with Gasteiger partial charge in [0.1, 0.15) is 23.0 Å². The van der Waals surface area contributed by atoms with Crippen LogP contribution in [0.4, 0.5) is 0 Å². The van der Waals surface area contributed by atoms with Gasteiger partial charge in [-0.25, -0.2) is 0 Å². The Morgan fingerprint density at radius 2 is 1.48 bits per heavy atom. The highest BCUT2D eigenvalue weighted by Crippen LogP contribution is 2.60. The van der Waals surface area contributed by atoms with E-state index in [9.17, 15) is 0 Å².